The van der Waals surface area contributed by atoms with Crippen LogP contribution in [0.25, 0.3) is 0 Å². The number of nitrogens with one attached hydrogen (secondary N) is 2. The summed E-state index contributed by atoms with van der Waals surface area (Å²) in [5.41, 5.74) is 0.0725. The highest BCUT2D eigenvalue weighted by Crippen LogP contribution is 2.37. The molecule has 10 nitrogen and oxygen atoms in total. The third-order valence-electron chi connectivity index (χ3n) is 3.95. The van der Waals surface area contributed by atoms with Gasteiger partial charge in [-0.3, -0.25) is 4.72 Å². The Morgan fingerprint density at radius 3 is 2.61 bits per heavy atom. The van der Waals surface area contributed by atoms with Crippen LogP contribution in [-0.2, 0) is 10.0 Å². The van der Waals surface area contributed by atoms with Crippen molar-refractivity contribution in [3.8, 4) is 5.75 Å². The van der Waals surface area contributed by atoms with Crippen LogP contribution in [0.3, 0.4) is 0 Å². The van der Waals surface area contributed by atoms with Crippen molar-refractivity contribution in [1.82, 2.24) is 20.5 Å². The van der Waals surface area contributed by atoms with E-state index in [-0.39, 0.29) is 32.4 Å². The van der Waals surface area contributed by atoms with Crippen LogP contribution in [0.5, 0.6) is 5.75 Å². The Morgan fingerprint density at radius 1 is 1.26 bits per heavy atom. The van der Waals surface area contributed by atoms with E-state index in [2.05, 4.69) is 41.2 Å². The fourth-order valence-electron chi connectivity index (χ4n) is 2.52. The molecule has 0 fully saturated rings. The zero-order chi connectivity index (χ0) is 22.6. The fourth-order valence-corrected chi connectivity index (χ4v) is 3.78. The summed E-state index contributed by atoms with van der Waals surface area (Å²) in [6.07, 6.45) is 2.46. The lowest BCUT2D eigenvalue weighted by Crippen LogP contribution is -2.35. The SMILES string of the molecule is CNC(=O)N(c1ccc(S(=O)(=O)Nc2cccnn2)cn1)c1cc(F)c(Br)cc1OC. The summed E-state index contributed by atoms with van der Waals surface area (Å²) in [6.45, 7) is 0. The number of carbonyl (C=O) groups excluding carboxylic acids is 1. The van der Waals surface area contributed by atoms with E-state index in [0.717, 1.165) is 17.2 Å². The van der Waals surface area contributed by atoms with Crippen LogP contribution in [0.4, 0.5) is 26.5 Å². The summed E-state index contributed by atoms with van der Waals surface area (Å²) in [7, 11) is -1.24. The number of anilines is 3. The van der Waals surface area contributed by atoms with Gasteiger partial charge in [0, 0.05) is 25.5 Å². The van der Waals surface area contributed by atoms with Gasteiger partial charge in [-0.15, -0.1) is 5.10 Å². The molecule has 31 heavy (non-hydrogen) atoms. The summed E-state index contributed by atoms with van der Waals surface area (Å²) in [5.74, 6) is -0.358. The number of ether oxygens (including phenoxy) is 1. The van der Waals surface area contributed by atoms with Crippen LogP contribution in [0.15, 0.2) is 58.2 Å². The maximum Gasteiger partial charge on any atom is 0.327 e. The van der Waals surface area contributed by atoms with E-state index in [0.29, 0.717) is 0 Å². The summed E-state index contributed by atoms with van der Waals surface area (Å²) < 4.78 is 46.9. The Hall–Kier alpha value is -3.32. The molecule has 0 radical (unpaired) electrons. The van der Waals surface area contributed by atoms with Gasteiger partial charge in [-0.2, -0.15) is 5.10 Å². The number of aromatic nitrogens is 3. The van der Waals surface area contributed by atoms with Crippen LogP contribution in [0.2, 0.25) is 0 Å². The number of pyridine rings is 1. The molecule has 0 unspecified atom stereocenters. The normalized spacial score (nSPS) is 11.0. The first-order chi connectivity index (χ1) is 14.8. The number of methoxy groups -OCH3 is 1. The van der Waals surface area contributed by atoms with E-state index in [1.165, 1.54) is 50.7 Å². The zero-order valence-corrected chi connectivity index (χ0v) is 18.6. The van der Waals surface area contributed by atoms with Crippen LogP contribution in [0.1, 0.15) is 0 Å². The van der Waals surface area contributed by atoms with Gasteiger partial charge in [0.05, 0.1) is 17.3 Å². The number of hydrogen-bond acceptors (Lipinski definition) is 7. The molecular formula is C18H16BrFN6O4S. The molecule has 162 valence electrons. The van der Waals surface area contributed by atoms with Gasteiger partial charge in [-0.05, 0) is 46.3 Å². The average molecular weight is 511 g/mol. The standard InChI is InChI=1S/C18H16BrFN6O4S/c1-21-18(27)26(14-9-13(20)12(19)8-15(14)30-2)17-6-5-11(10-22-17)31(28,29)25-16-4-3-7-23-24-16/h3-10H,1-2H3,(H,21,27)(H,24,25). The number of hydrogen-bond donors (Lipinski definition) is 2. The van der Waals surface area contributed by atoms with E-state index in [1.807, 2.05) is 0 Å². The molecule has 0 atom stereocenters. The molecule has 0 spiro atoms. The Balaban J connectivity index is 2.00. The molecule has 0 aliphatic rings. The molecule has 0 saturated heterocycles. The monoisotopic (exact) mass is 510 g/mol. The highest BCUT2D eigenvalue weighted by molar-refractivity contribution is 9.10. The van der Waals surface area contributed by atoms with Crippen LogP contribution >= 0.6 is 15.9 Å². The number of carbonyl (C=O) groups is 1. The number of rotatable bonds is 6. The third-order valence-corrected chi connectivity index (χ3v) is 5.90. The lowest BCUT2D eigenvalue weighted by molar-refractivity contribution is 0.250. The van der Waals surface area contributed by atoms with E-state index in [9.17, 15) is 17.6 Å². The minimum atomic E-state index is -4.00. The summed E-state index contributed by atoms with van der Waals surface area (Å²) >= 11 is 3.07. The van der Waals surface area contributed by atoms with Crippen molar-refractivity contribution in [2.45, 2.75) is 4.90 Å². The lowest BCUT2D eigenvalue weighted by Gasteiger charge is -2.23. The number of nitrogens with zero attached hydrogens (tertiary/aromatic N) is 4. The maximum atomic E-state index is 14.2. The largest absolute Gasteiger partial charge is 0.495 e. The molecule has 0 bridgehead atoms. The molecule has 3 aromatic rings. The Labute approximate surface area is 185 Å². The molecule has 2 heterocycles. The van der Waals surface area contributed by atoms with Gasteiger partial charge in [-0.1, -0.05) is 0 Å². The van der Waals surface area contributed by atoms with Gasteiger partial charge >= 0.3 is 6.03 Å². The molecule has 1 aromatic carbocycles. The quantitative estimate of drug-likeness (QED) is 0.521. The van der Waals surface area contributed by atoms with Gasteiger partial charge in [0.25, 0.3) is 10.0 Å². The number of sulfonamides is 1. The highest BCUT2D eigenvalue weighted by Gasteiger charge is 2.25. The predicted molar refractivity (Wildman–Crippen MR) is 114 cm³/mol. The molecular weight excluding hydrogens is 495 g/mol. The van der Waals surface area contributed by atoms with Gasteiger partial charge < -0.3 is 10.1 Å². The fraction of sp³-hybridized carbons (Fsp3) is 0.111. The molecule has 13 heteroatoms. The maximum absolute atomic E-state index is 14.2. The van der Waals surface area contributed by atoms with Crippen molar-refractivity contribution in [2.75, 3.05) is 23.8 Å². The molecule has 2 aromatic heterocycles. The minimum Gasteiger partial charge on any atom is -0.495 e. The van der Waals surface area contributed by atoms with Gasteiger partial charge in [0.1, 0.15) is 22.3 Å². The Kier molecular flexibility index (Phi) is 6.65. The van der Waals surface area contributed by atoms with Crippen LogP contribution in [-0.4, -0.2) is 43.8 Å². The summed E-state index contributed by atoms with van der Waals surface area (Å²) in [6, 6.07) is 7.34. The number of urea groups is 1. The number of amides is 2. The van der Waals surface area contributed by atoms with Crippen molar-refractivity contribution >= 4 is 49.3 Å². The first-order valence-electron chi connectivity index (χ1n) is 8.58. The smallest absolute Gasteiger partial charge is 0.327 e. The van der Waals surface area contributed by atoms with Gasteiger partial charge in [-0.25, -0.2) is 27.5 Å². The number of benzene rings is 1. The summed E-state index contributed by atoms with van der Waals surface area (Å²) in [4.78, 5) is 17.5. The first-order valence-corrected chi connectivity index (χ1v) is 10.9. The second kappa shape index (κ2) is 9.22. The molecule has 2 amide bonds. The van der Waals surface area contributed by atoms with Crippen molar-refractivity contribution < 1.29 is 22.3 Å². The minimum absolute atomic E-state index is 0.0358. The number of halogens is 2. The average Bonchev–Trinajstić information content (AvgIpc) is 2.76. The molecule has 0 aliphatic carbocycles. The van der Waals surface area contributed by atoms with Crippen molar-refractivity contribution in [2.24, 2.45) is 0 Å². The molecule has 0 aliphatic heterocycles. The highest BCUT2D eigenvalue weighted by atomic mass is 79.9. The second-order valence-electron chi connectivity index (χ2n) is 5.90. The second-order valence-corrected chi connectivity index (χ2v) is 8.43. The van der Waals surface area contributed by atoms with E-state index < -0.39 is 21.9 Å². The lowest BCUT2D eigenvalue weighted by atomic mass is 10.2. The first kappa shape index (κ1) is 22.4. The van der Waals surface area contributed by atoms with Crippen LogP contribution in [0, 0.1) is 5.82 Å². The van der Waals surface area contributed by atoms with E-state index >= 15 is 0 Å². The topological polar surface area (TPSA) is 126 Å². The van der Waals surface area contributed by atoms with Gasteiger partial charge in [0.15, 0.2) is 5.82 Å². The Morgan fingerprint density at radius 2 is 2.03 bits per heavy atom. The van der Waals surface area contributed by atoms with Crippen molar-refractivity contribution in [3.63, 3.8) is 0 Å². The van der Waals surface area contributed by atoms with Crippen molar-refractivity contribution in [1.29, 1.82) is 0 Å². The van der Waals surface area contributed by atoms with Gasteiger partial charge in [0.2, 0.25) is 0 Å². The van der Waals surface area contributed by atoms with E-state index in [1.54, 1.807) is 0 Å². The predicted octanol–water partition coefficient (Wildman–Crippen LogP) is 3.06. The van der Waals surface area contributed by atoms with E-state index in [4.69, 9.17) is 4.74 Å². The zero-order valence-electron chi connectivity index (χ0n) is 16.2. The Bertz CT molecular complexity index is 1200. The van der Waals surface area contributed by atoms with Crippen LogP contribution < -0.4 is 19.7 Å². The molecule has 0 saturated carbocycles. The third kappa shape index (κ3) is 4.88. The molecule has 3 rings (SSSR count). The summed E-state index contributed by atoms with van der Waals surface area (Å²) in [5, 5.41) is 9.71. The molecule has 2 N–H and O–H groups in total. The van der Waals surface area contributed by atoms with Crippen molar-refractivity contribution in [3.05, 3.63) is 59.1 Å².